The van der Waals surface area contributed by atoms with Gasteiger partial charge in [0.1, 0.15) is 5.01 Å². The van der Waals surface area contributed by atoms with E-state index < -0.39 is 16.0 Å². The Bertz CT molecular complexity index is 1150. The number of ether oxygens (including phenoxy) is 1. The van der Waals surface area contributed by atoms with Crippen LogP contribution >= 0.6 is 11.3 Å². The normalized spacial score (nSPS) is 11.5. The fraction of sp³-hybridized carbons (Fsp3) is 0.304. The third kappa shape index (κ3) is 5.78. The summed E-state index contributed by atoms with van der Waals surface area (Å²) in [6.45, 7) is 4.23. The van der Waals surface area contributed by atoms with Crippen LogP contribution in [0.25, 0.3) is 10.6 Å². The van der Waals surface area contributed by atoms with Crippen LogP contribution in [0, 0.1) is 6.92 Å². The molecule has 0 spiro atoms. The number of nitrogens with zero attached hydrogens (tertiary/aromatic N) is 1. The number of sulfonamides is 1. The van der Waals surface area contributed by atoms with Gasteiger partial charge in [0, 0.05) is 17.5 Å². The first-order chi connectivity index (χ1) is 14.8. The van der Waals surface area contributed by atoms with Gasteiger partial charge in [-0.05, 0) is 43.9 Å². The molecule has 1 heterocycles. The van der Waals surface area contributed by atoms with Crippen molar-refractivity contribution in [1.82, 2.24) is 9.71 Å². The Labute approximate surface area is 187 Å². The average Bonchev–Trinajstić information content (AvgIpc) is 3.25. The Hall–Kier alpha value is -2.55. The van der Waals surface area contributed by atoms with Gasteiger partial charge in [-0.1, -0.05) is 42.8 Å². The van der Waals surface area contributed by atoms with Crippen LogP contribution in [0.3, 0.4) is 0 Å². The van der Waals surface area contributed by atoms with E-state index in [1.165, 1.54) is 24.8 Å². The molecule has 0 aliphatic rings. The Balaban J connectivity index is 1.59. The molecule has 3 aromatic rings. The Morgan fingerprint density at radius 3 is 2.58 bits per heavy atom. The van der Waals surface area contributed by atoms with Gasteiger partial charge in [-0.3, -0.25) is 0 Å². The first kappa shape index (κ1) is 23.1. The van der Waals surface area contributed by atoms with Crippen LogP contribution in [0.4, 0.5) is 0 Å². The lowest BCUT2D eigenvalue weighted by Crippen LogP contribution is -2.25. The summed E-state index contributed by atoms with van der Waals surface area (Å²) in [6.07, 6.45) is 1.90. The van der Waals surface area contributed by atoms with Crippen molar-refractivity contribution >= 4 is 27.3 Å². The number of rotatable bonds is 9. The van der Waals surface area contributed by atoms with Crippen molar-refractivity contribution < 1.29 is 17.9 Å². The van der Waals surface area contributed by atoms with E-state index in [0.717, 1.165) is 21.8 Å². The second-order valence-electron chi connectivity index (χ2n) is 7.18. The van der Waals surface area contributed by atoms with E-state index in [9.17, 15) is 13.2 Å². The fourth-order valence-electron chi connectivity index (χ4n) is 3.14. The number of aromatic nitrogens is 1. The lowest BCUT2D eigenvalue weighted by atomic mass is 10.1. The Morgan fingerprint density at radius 1 is 1.16 bits per heavy atom. The highest BCUT2D eigenvalue weighted by Crippen LogP contribution is 2.24. The molecule has 164 valence electrons. The summed E-state index contributed by atoms with van der Waals surface area (Å²) in [5, 5.41) is 2.97. The molecule has 0 saturated heterocycles. The van der Waals surface area contributed by atoms with Crippen molar-refractivity contribution in [1.29, 1.82) is 0 Å². The number of carbonyl (C=O) groups excluding carboxylic acids is 1. The summed E-state index contributed by atoms with van der Waals surface area (Å²) < 4.78 is 32.7. The van der Waals surface area contributed by atoms with E-state index in [-0.39, 0.29) is 17.0 Å². The second-order valence-corrected chi connectivity index (χ2v) is 9.80. The standard InChI is InChI=1S/C23H26N2O4S2/c1-4-17-11-12-20(14-21(17)23(26)29-3)31(27,28)24-13-5-6-19-15-30-22(25-19)18-9-7-16(2)8-10-18/h7-12,14-15,24H,4-6,13H2,1-3H3. The Morgan fingerprint density at radius 2 is 1.90 bits per heavy atom. The van der Waals surface area contributed by atoms with Crippen LogP contribution < -0.4 is 4.72 Å². The first-order valence-corrected chi connectivity index (χ1v) is 12.4. The van der Waals surface area contributed by atoms with Crippen molar-refractivity contribution in [2.24, 2.45) is 0 Å². The van der Waals surface area contributed by atoms with Gasteiger partial charge < -0.3 is 4.74 Å². The van der Waals surface area contributed by atoms with E-state index in [4.69, 9.17) is 4.74 Å². The molecular weight excluding hydrogens is 432 g/mol. The fourth-order valence-corrected chi connectivity index (χ4v) is 5.10. The molecule has 2 aromatic carbocycles. The molecule has 1 N–H and O–H groups in total. The number of aryl methyl sites for hydroxylation is 3. The Kier molecular flexibility index (Phi) is 7.59. The van der Waals surface area contributed by atoms with Crippen molar-refractivity contribution in [3.8, 4) is 10.6 Å². The molecule has 0 aliphatic heterocycles. The van der Waals surface area contributed by atoms with Crippen LogP contribution in [0.1, 0.15) is 40.5 Å². The third-order valence-corrected chi connectivity index (χ3v) is 7.33. The molecule has 0 radical (unpaired) electrons. The van der Waals surface area contributed by atoms with Gasteiger partial charge in [0.05, 0.1) is 23.3 Å². The SMILES string of the molecule is CCc1ccc(S(=O)(=O)NCCCc2csc(-c3ccc(C)cc3)n2)cc1C(=O)OC. The summed E-state index contributed by atoms with van der Waals surface area (Å²) in [6, 6.07) is 12.8. The zero-order valence-corrected chi connectivity index (χ0v) is 19.5. The smallest absolute Gasteiger partial charge is 0.338 e. The summed E-state index contributed by atoms with van der Waals surface area (Å²) >= 11 is 1.59. The third-order valence-electron chi connectivity index (χ3n) is 4.93. The predicted molar refractivity (Wildman–Crippen MR) is 123 cm³/mol. The van der Waals surface area contributed by atoms with E-state index in [1.807, 2.05) is 19.2 Å². The lowest BCUT2D eigenvalue weighted by molar-refractivity contribution is 0.0599. The molecular formula is C23H26N2O4S2. The molecule has 0 fully saturated rings. The molecule has 31 heavy (non-hydrogen) atoms. The number of nitrogens with one attached hydrogen (secondary N) is 1. The second kappa shape index (κ2) is 10.2. The number of carbonyl (C=O) groups is 1. The maximum absolute atomic E-state index is 12.6. The van der Waals surface area contributed by atoms with Gasteiger partial charge in [0.25, 0.3) is 0 Å². The van der Waals surface area contributed by atoms with E-state index in [1.54, 1.807) is 17.4 Å². The highest BCUT2D eigenvalue weighted by molar-refractivity contribution is 7.89. The minimum atomic E-state index is -3.72. The molecule has 0 saturated carbocycles. The van der Waals surface area contributed by atoms with Crippen molar-refractivity contribution in [2.45, 2.75) is 38.0 Å². The average molecular weight is 459 g/mol. The number of hydrogen-bond acceptors (Lipinski definition) is 6. The highest BCUT2D eigenvalue weighted by atomic mass is 32.2. The quantitative estimate of drug-likeness (QED) is 0.380. The minimum Gasteiger partial charge on any atom is -0.465 e. The molecule has 1 aromatic heterocycles. The number of methoxy groups -OCH3 is 1. The summed E-state index contributed by atoms with van der Waals surface area (Å²) in [5.41, 5.74) is 4.26. The topological polar surface area (TPSA) is 85.4 Å². The van der Waals surface area contributed by atoms with E-state index in [2.05, 4.69) is 34.0 Å². The monoisotopic (exact) mass is 458 g/mol. The number of thiazole rings is 1. The van der Waals surface area contributed by atoms with Gasteiger partial charge >= 0.3 is 5.97 Å². The number of esters is 1. The van der Waals surface area contributed by atoms with E-state index in [0.29, 0.717) is 19.3 Å². The molecule has 0 aliphatic carbocycles. The van der Waals surface area contributed by atoms with Crippen LogP contribution in [0.15, 0.2) is 52.7 Å². The highest BCUT2D eigenvalue weighted by Gasteiger charge is 2.19. The van der Waals surface area contributed by atoms with Gasteiger partial charge in [0.2, 0.25) is 10.0 Å². The van der Waals surface area contributed by atoms with Crippen LogP contribution in [0.2, 0.25) is 0 Å². The molecule has 6 nitrogen and oxygen atoms in total. The largest absolute Gasteiger partial charge is 0.465 e. The van der Waals surface area contributed by atoms with Gasteiger partial charge in [0.15, 0.2) is 0 Å². The zero-order chi connectivity index (χ0) is 22.4. The summed E-state index contributed by atoms with van der Waals surface area (Å²) in [7, 11) is -2.44. The first-order valence-electron chi connectivity index (χ1n) is 10.1. The maximum atomic E-state index is 12.6. The van der Waals surface area contributed by atoms with Crippen molar-refractivity contribution in [2.75, 3.05) is 13.7 Å². The van der Waals surface area contributed by atoms with Crippen LogP contribution in [-0.2, 0) is 27.6 Å². The zero-order valence-electron chi connectivity index (χ0n) is 17.8. The van der Waals surface area contributed by atoms with Crippen molar-refractivity contribution in [3.05, 3.63) is 70.2 Å². The minimum absolute atomic E-state index is 0.0559. The molecule has 0 unspecified atom stereocenters. The van der Waals surface area contributed by atoms with Crippen LogP contribution in [0.5, 0.6) is 0 Å². The molecule has 0 bridgehead atoms. The summed E-state index contributed by atoms with van der Waals surface area (Å²) in [4.78, 5) is 16.7. The van der Waals surface area contributed by atoms with Gasteiger partial charge in [-0.2, -0.15) is 0 Å². The van der Waals surface area contributed by atoms with Crippen LogP contribution in [-0.4, -0.2) is 33.0 Å². The molecule has 0 amide bonds. The number of benzene rings is 2. The van der Waals surface area contributed by atoms with Crippen molar-refractivity contribution in [3.63, 3.8) is 0 Å². The number of hydrogen-bond donors (Lipinski definition) is 1. The lowest BCUT2D eigenvalue weighted by Gasteiger charge is -2.10. The van der Waals surface area contributed by atoms with E-state index >= 15 is 0 Å². The molecule has 3 rings (SSSR count). The summed E-state index contributed by atoms with van der Waals surface area (Å²) in [5.74, 6) is -0.540. The predicted octanol–water partition coefficient (Wildman–Crippen LogP) is 4.38. The maximum Gasteiger partial charge on any atom is 0.338 e. The molecule has 8 heteroatoms. The van der Waals surface area contributed by atoms with Gasteiger partial charge in [-0.15, -0.1) is 11.3 Å². The van der Waals surface area contributed by atoms with Gasteiger partial charge in [-0.25, -0.2) is 22.9 Å². The molecule has 0 atom stereocenters.